The standard InChI is InChI=1S/C13H8Br2ClFN2O/c14-7-4-8(15)12(11(18)5-7)19-13(20)6-1-2-10(17)9(16)3-6/h1-5H,18H2,(H,19,20). The van der Waals surface area contributed by atoms with E-state index in [1.165, 1.54) is 12.1 Å². The molecule has 3 nitrogen and oxygen atoms in total. The van der Waals surface area contributed by atoms with Crippen LogP contribution in [0.4, 0.5) is 15.8 Å². The second-order valence-electron chi connectivity index (χ2n) is 3.93. The van der Waals surface area contributed by atoms with Crippen LogP contribution in [0, 0.1) is 5.82 Å². The van der Waals surface area contributed by atoms with Crippen molar-refractivity contribution in [1.82, 2.24) is 0 Å². The lowest BCUT2D eigenvalue weighted by Gasteiger charge is -2.11. The maximum atomic E-state index is 13.1. The average molecular weight is 422 g/mol. The predicted octanol–water partition coefficient (Wildman–Crippen LogP) is 4.84. The van der Waals surface area contributed by atoms with E-state index in [2.05, 4.69) is 37.2 Å². The van der Waals surface area contributed by atoms with E-state index >= 15 is 0 Å². The van der Waals surface area contributed by atoms with Crippen LogP contribution in [-0.4, -0.2) is 5.91 Å². The van der Waals surface area contributed by atoms with Gasteiger partial charge in [0.15, 0.2) is 0 Å². The molecule has 0 aliphatic heterocycles. The Morgan fingerprint density at radius 3 is 2.55 bits per heavy atom. The molecule has 0 unspecified atom stereocenters. The third kappa shape index (κ3) is 3.31. The number of hydrogen-bond donors (Lipinski definition) is 2. The Kier molecular flexibility index (Phi) is 4.67. The summed E-state index contributed by atoms with van der Waals surface area (Å²) >= 11 is 12.3. The number of nitrogen functional groups attached to an aromatic ring is 1. The van der Waals surface area contributed by atoms with Crippen molar-refractivity contribution in [2.24, 2.45) is 0 Å². The molecule has 0 saturated heterocycles. The Hall–Kier alpha value is -1.11. The Labute approximate surface area is 136 Å². The van der Waals surface area contributed by atoms with Crippen LogP contribution in [0.2, 0.25) is 5.02 Å². The minimum atomic E-state index is -0.576. The van der Waals surface area contributed by atoms with Crippen LogP contribution in [0.3, 0.4) is 0 Å². The first-order valence-corrected chi connectivity index (χ1v) is 7.36. The molecular weight excluding hydrogens is 414 g/mol. The van der Waals surface area contributed by atoms with Crippen molar-refractivity contribution < 1.29 is 9.18 Å². The van der Waals surface area contributed by atoms with Gasteiger partial charge in [0.25, 0.3) is 5.91 Å². The molecule has 2 aromatic rings. The van der Waals surface area contributed by atoms with Crippen molar-refractivity contribution in [3.05, 3.63) is 55.7 Å². The van der Waals surface area contributed by atoms with E-state index in [-0.39, 0.29) is 10.6 Å². The van der Waals surface area contributed by atoms with Crippen molar-refractivity contribution >= 4 is 60.7 Å². The normalized spacial score (nSPS) is 10.4. The monoisotopic (exact) mass is 420 g/mol. The zero-order valence-corrected chi connectivity index (χ0v) is 13.8. The first-order chi connectivity index (χ1) is 9.38. The Morgan fingerprint density at radius 2 is 1.95 bits per heavy atom. The number of amides is 1. The van der Waals surface area contributed by atoms with E-state index < -0.39 is 11.7 Å². The van der Waals surface area contributed by atoms with Gasteiger partial charge >= 0.3 is 0 Å². The highest BCUT2D eigenvalue weighted by Gasteiger charge is 2.13. The van der Waals surface area contributed by atoms with Gasteiger partial charge in [-0.2, -0.15) is 0 Å². The van der Waals surface area contributed by atoms with Gasteiger partial charge in [0, 0.05) is 14.5 Å². The molecule has 3 N–H and O–H groups in total. The van der Waals surface area contributed by atoms with Crippen LogP contribution in [0.15, 0.2) is 39.3 Å². The van der Waals surface area contributed by atoms with E-state index in [4.69, 9.17) is 17.3 Å². The van der Waals surface area contributed by atoms with Crippen molar-refractivity contribution in [2.45, 2.75) is 0 Å². The maximum Gasteiger partial charge on any atom is 0.255 e. The van der Waals surface area contributed by atoms with Gasteiger partial charge in [0.2, 0.25) is 0 Å². The molecule has 0 aliphatic carbocycles. The van der Waals surface area contributed by atoms with Crippen LogP contribution >= 0.6 is 43.5 Å². The molecule has 1 amide bonds. The van der Waals surface area contributed by atoms with Crippen molar-refractivity contribution in [2.75, 3.05) is 11.1 Å². The summed E-state index contributed by atoms with van der Waals surface area (Å²) in [5, 5.41) is 2.55. The van der Waals surface area contributed by atoms with E-state index in [0.717, 1.165) is 10.5 Å². The lowest BCUT2D eigenvalue weighted by molar-refractivity contribution is 0.102. The number of rotatable bonds is 2. The number of anilines is 2. The summed E-state index contributed by atoms with van der Waals surface area (Å²) in [6.45, 7) is 0. The number of nitrogens with two attached hydrogens (primary N) is 1. The highest BCUT2D eigenvalue weighted by Crippen LogP contribution is 2.33. The topological polar surface area (TPSA) is 55.1 Å². The van der Waals surface area contributed by atoms with Crippen LogP contribution in [0.1, 0.15) is 10.4 Å². The largest absolute Gasteiger partial charge is 0.397 e. The molecular formula is C13H8Br2ClFN2O. The minimum absolute atomic E-state index is 0.111. The second-order valence-corrected chi connectivity index (χ2v) is 6.11. The number of halogens is 4. The lowest BCUT2D eigenvalue weighted by Crippen LogP contribution is -2.13. The Balaban J connectivity index is 2.30. The molecule has 0 aromatic heterocycles. The first-order valence-electron chi connectivity index (χ1n) is 5.39. The molecule has 0 atom stereocenters. The summed E-state index contributed by atoms with van der Waals surface area (Å²) < 4.78 is 14.5. The Bertz CT molecular complexity index is 671. The molecule has 0 aliphatic rings. The van der Waals surface area contributed by atoms with E-state index in [1.54, 1.807) is 12.1 Å². The fraction of sp³-hybridized carbons (Fsp3) is 0. The van der Waals surface area contributed by atoms with Crippen LogP contribution in [0.25, 0.3) is 0 Å². The van der Waals surface area contributed by atoms with Gasteiger partial charge in [-0.1, -0.05) is 27.5 Å². The molecule has 0 radical (unpaired) electrons. The van der Waals surface area contributed by atoms with Gasteiger partial charge in [-0.3, -0.25) is 4.79 Å². The zero-order valence-electron chi connectivity index (χ0n) is 9.88. The van der Waals surface area contributed by atoms with E-state index in [1.807, 2.05) is 0 Å². The van der Waals surface area contributed by atoms with Crippen molar-refractivity contribution in [1.29, 1.82) is 0 Å². The summed E-state index contributed by atoms with van der Waals surface area (Å²) in [6, 6.07) is 7.16. The van der Waals surface area contributed by atoms with Gasteiger partial charge in [-0.05, 0) is 46.3 Å². The highest BCUT2D eigenvalue weighted by atomic mass is 79.9. The number of carbonyl (C=O) groups excluding carboxylic acids is 1. The molecule has 0 saturated carbocycles. The van der Waals surface area contributed by atoms with Crippen LogP contribution in [0.5, 0.6) is 0 Å². The van der Waals surface area contributed by atoms with Gasteiger partial charge in [0.1, 0.15) is 5.82 Å². The van der Waals surface area contributed by atoms with E-state index in [0.29, 0.717) is 15.8 Å². The number of hydrogen-bond acceptors (Lipinski definition) is 2. The number of benzene rings is 2. The molecule has 2 rings (SSSR count). The van der Waals surface area contributed by atoms with Crippen LogP contribution in [-0.2, 0) is 0 Å². The number of carbonyl (C=O) groups is 1. The maximum absolute atomic E-state index is 13.1. The summed E-state index contributed by atoms with van der Waals surface area (Å²) in [7, 11) is 0. The first kappa shape index (κ1) is 15.3. The summed E-state index contributed by atoms with van der Waals surface area (Å²) in [4.78, 5) is 12.1. The smallest absolute Gasteiger partial charge is 0.255 e. The van der Waals surface area contributed by atoms with Gasteiger partial charge in [0.05, 0.1) is 16.4 Å². The van der Waals surface area contributed by atoms with Crippen molar-refractivity contribution in [3.8, 4) is 0 Å². The highest BCUT2D eigenvalue weighted by molar-refractivity contribution is 9.11. The SMILES string of the molecule is Nc1cc(Br)cc(Br)c1NC(=O)c1ccc(F)c(Cl)c1. The quantitative estimate of drug-likeness (QED) is 0.681. The molecule has 0 bridgehead atoms. The Morgan fingerprint density at radius 1 is 1.25 bits per heavy atom. The molecule has 0 spiro atoms. The number of nitrogens with one attached hydrogen (secondary N) is 1. The third-order valence-electron chi connectivity index (χ3n) is 2.51. The molecule has 7 heteroatoms. The third-order valence-corrected chi connectivity index (χ3v) is 3.88. The van der Waals surface area contributed by atoms with Crippen molar-refractivity contribution in [3.63, 3.8) is 0 Å². The van der Waals surface area contributed by atoms with Gasteiger partial charge in [-0.15, -0.1) is 0 Å². The fourth-order valence-electron chi connectivity index (χ4n) is 1.55. The zero-order chi connectivity index (χ0) is 14.9. The summed E-state index contributed by atoms with van der Waals surface area (Å²) in [6.07, 6.45) is 0. The van der Waals surface area contributed by atoms with E-state index in [9.17, 15) is 9.18 Å². The van der Waals surface area contributed by atoms with Gasteiger partial charge in [-0.25, -0.2) is 4.39 Å². The predicted molar refractivity (Wildman–Crippen MR) is 85.6 cm³/mol. The summed E-state index contributed by atoms with van der Waals surface area (Å²) in [5.41, 5.74) is 6.92. The molecule has 104 valence electrons. The fourth-order valence-corrected chi connectivity index (χ4v) is 3.09. The van der Waals surface area contributed by atoms with Gasteiger partial charge < -0.3 is 11.1 Å². The average Bonchev–Trinajstić information content (AvgIpc) is 2.36. The lowest BCUT2D eigenvalue weighted by atomic mass is 10.2. The molecule has 0 fully saturated rings. The molecule has 20 heavy (non-hydrogen) atoms. The molecule has 2 aromatic carbocycles. The summed E-state index contributed by atoms with van der Waals surface area (Å²) in [5.74, 6) is -1.01. The second kappa shape index (κ2) is 6.11. The minimum Gasteiger partial charge on any atom is -0.397 e. The van der Waals surface area contributed by atoms with Crippen LogP contribution < -0.4 is 11.1 Å². The molecule has 0 heterocycles.